The summed E-state index contributed by atoms with van der Waals surface area (Å²) in [5, 5.41) is 15.5. The number of halogens is 1. The maximum Gasteiger partial charge on any atom is 0.194 e. The van der Waals surface area contributed by atoms with Gasteiger partial charge in [-0.1, -0.05) is 0 Å². The molecule has 2 aromatic heterocycles. The third kappa shape index (κ3) is 6.78. The van der Waals surface area contributed by atoms with Gasteiger partial charge in [0.2, 0.25) is 0 Å². The Kier molecular flexibility index (Phi) is 10.0. The van der Waals surface area contributed by atoms with Crippen LogP contribution in [0, 0.1) is 6.92 Å². The summed E-state index contributed by atoms with van der Waals surface area (Å²) in [6.45, 7) is 12.2. The third-order valence-corrected chi connectivity index (χ3v) is 6.92. The Labute approximate surface area is 211 Å². The van der Waals surface area contributed by atoms with Crippen LogP contribution in [0.2, 0.25) is 0 Å². The van der Waals surface area contributed by atoms with Crippen molar-refractivity contribution >= 4 is 46.3 Å². The summed E-state index contributed by atoms with van der Waals surface area (Å²) in [5.74, 6) is 2.78. The molecular weight excluding hydrogens is 539 g/mol. The smallest absolute Gasteiger partial charge is 0.194 e. The average Bonchev–Trinajstić information content (AvgIpc) is 3.45. The van der Waals surface area contributed by atoms with Gasteiger partial charge in [0.15, 0.2) is 11.8 Å². The Morgan fingerprint density at radius 2 is 1.94 bits per heavy atom. The van der Waals surface area contributed by atoms with E-state index in [0.29, 0.717) is 6.54 Å². The van der Waals surface area contributed by atoms with Gasteiger partial charge in [0.1, 0.15) is 12.4 Å². The molecule has 0 saturated carbocycles. The molecule has 11 heteroatoms. The van der Waals surface area contributed by atoms with Crippen LogP contribution in [-0.4, -0.2) is 96.1 Å². The molecule has 178 valence electrons. The second-order valence-electron chi connectivity index (χ2n) is 8.02. The number of ether oxygens (including phenoxy) is 1. The van der Waals surface area contributed by atoms with Crippen LogP contribution < -0.4 is 10.2 Å². The number of aromatic nitrogens is 3. The summed E-state index contributed by atoms with van der Waals surface area (Å²) >= 11 is 1.81. The van der Waals surface area contributed by atoms with Crippen molar-refractivity contribution in [3.8, 4) is 0 Å². The molecule has 0 bridgehead atoms. The Bertz CT molecular complexity index is 829. The highest BCUT2D eigenvalue weighted by atomic mass is 127. The van der Waals surface area contributed by atoms with E-state index >= 15 is 0 Å². The maximum absolute atomic E-state index is 5.45. The Hall–Kier alpha value is -1.44. The van der Waals surface area contributed by atoms with E-state index in [-0.39, 0.29) is 24.0 Å². The number of aliphatic imine (C=N–C) groups is 1. The first kappa shape index (κ1) is 25.2. The lowest BCUT2D eigenvalue weighted by atomic mass is 10.3. The first-order valence-corrected chi connectivity index (χ1v) is 12.1. The van der Waals surface area contributed by atoms with E-state index in [9.17, 15) is 0 Å². The van der Waals surface area contributed by atoms with Crippen LogP contribution >= 0.6 is 35.3 Å². The van der Waals surface area contributed by atoms with Crippen LogP contribution in [0.25, 0.3) is 0 Å². The number of thiophene rings is 1. The molecule has 2 aliphatic heterocycles. The number of rotatable bonds is 7. The van der Waals surface area contributed by atoms with Crippen molar-refractivity contribution < 1.29 is 4.74 Å². The lowest BCUT2D eigenvalue weighted by molar-refractivity contribution is 0.0375. The highest BCUT2D eigenvalue weighted by molar-refractivity contribution is 14.0. The van der Waals surface area contributed by atoms with E-state index < -0.39 is 0 Å². The summed E-state index contributed by atoms with van der Waals surface area (Å²) in [5.41, 5.74) is 0. The first-order valence-electron chi connectivity index (χ1n) is 11.2. The number of aryl methyl sites for hydroxylation is 1. The molecule has 0 aromatic carbocycles. The molecule has 4 rings (SSSR count). The van der Waals surface area contributed by atoms with Gasteiger partial charge in [0.05, 0.1) is 18.2 Å². The largest absolute Gasteiger partial charge is 0.379 e. The fraction of sp³-hybridized carbons (Fsp3) is 0.667. The molecule has 0 amide bonds. The fourth-order valence-corrected chi connectivity index (χ4v) is 4.70. The van der Waals surface area contributed by atoms with Crippen LogP contribution in [0.4, 0.5) is 5.00 Å². The van der Waals surface area contributed by atoms with Gasteiger partial charge in [-0.05, 0) is 37.4 Å². The Balaban J connectivity index is 0.00000289. The molecule has 0 atom stereocenters. The third-order valence-electron chi connectivity index (χ3n) is 5.99. The quantitative estimate of drug-likeness (QED) is 0.234. The van der Waals surface area contributed by atoms with Crippen LogP contribution in [0.5, 0.6) is 0 Å². The van der Waals surface area contributed by atoms with Gasteiger partial charge in [0, 0.05) is 52.9 Å². The molecule has 4 heterocycles. The molecule has 0 radical (unpaired) electrons. The number of piperazine rings is 1. The predicted octanol–water partition coefficient (Wildman–Crippen LogP) is 1.79. The van der Waals surface area contributed by atoms with E-state index in [2.05, 4.69) is 47.7 Å². The fourth-order valence-electron chi connectivity index (χ4n) is 3.92. The maximum atomic E-state index is 5.45. The van der Waals surface area contributed by atoms with Gasteiger partial charge < -0.3 is 24.4 Å². The summed E-state index contributed by atoms with van der Waals surface area (Å²) in [6, 6.07) is 4.33. The van der Waals surface area contributed by atoms with Crippen molar-refractivity contribution in [1.29, 1.82) is 0 Å². The van der Waals surface area contributed by atoms with Gasteiger partial charge in [-0.25, -0.2) is 4.99 Å². The van der Waals surface area contributed by atoms with Gasteiger partial charge in [0.25, 0.3) is 0 Å². The van der Waals surface area contributed by atoms with Gasteiger partial charge in [-0.3, -0.25) is 4.90 Å². The minimum Gasteiger partial charge on any atom is -0.379 e. The van der Waals surface area contributed by atoms with Crippen LogP contribution in [0.1, 0.15) is 18.1 Å². The standard InChI is InChI=1S/C21H34N8OS.HI/c1-18-24-25-19(26(18)2)17-23-21(22-6-4-7-27-12-14-30-15-13-27)29-10-8-28(9-11-29)20-5-3-16-31-20;/h3,5,16H,4,6-15,17H2,1-2H3,(H,22,23);1H. The normalized spacial score (nSPS) is 18.0. The first-order chi connectivity index (χ1) is 15.2. The van der Waals surface area contributed by atoms with Crippen molar-refractivity contribution in [3.63, 3.8) is 0 Å². The molecule has 0 unspecified atom stereocenters. The van der Waals surface area contributed by atoms with E-state index in [0.717, 1.165) is 89.6 Å². The van der Waals surface area contributed by atoms with E-state index in [4.69, 9.17) is 9.73 Å². The SMILES string of the molecule is Cc1nnc(CN=C(NCCCN2CCOCC2)N2CCN(c3cccs3)CC2)n1C.I. The van der Waals surface area contributed by atoms with Crippen molar-refractivity contribution in [2.24, 2.45) is 12.0 Å². The number of morpholine rings is 1. The lowest BCUT2D eigenvalue weighted by Crippen LogP contribution is -2.52. The number of anilines is 1. The molecule has 2 aliphatic rings. The summed E-state index contributed by atoms with van der Waals surface area (Å²) in [6.07, 6.45) is 1.09. The highest BCUT2D eigenvalue weighted by Gasteiger charge is 2.21. The molecule has 32 heavy (non-hydrogen) atoms. The predicted molar refractivity (Wildman–Crippen MR) is 140 cm³/mol. The average molecular weight is 575 g/mol. The van der Waals surface area contributed by atoms with E-state index in [1.54, 1.807) is 0 Å². The van der Waals surface area contributed by atoms with Crippen LogP contribution in [0.15, 0.2) is 22.5 Å². The number of nitrogens with one attached hydrogen (secondary N) is 1. The number of nitrogens with zero attached hydrogens (tertiary/aromatic N) is 7. The molecule has 0 spiro atoms. The molecule has 1 N–H and O–H groups in total. The van der Waals surface area contributed by atoms with Gasteiger partial charge in [-0.15, -0.1) is 45.5 Å². The molecule has 2 aromatic rings. The lowest BCUT2D eigenvalue weighted by Gasteiger charge is -2.37. The van der Waals surface area contributed by atoms with E-state index in [1.807, 2.05) is 29.9 Å². The second-order valence-corrected chi connectivity index (χ2v) is 8.95. The summed E-state index contributed by atoms with van der Waals surface area (Å²) in [7, 11) is 2.00. The van der Waals surface area contributed by atoms with Gasteiger partial charge in [-0.2, -0.15) is 0 Å². The van der Waals surface area contributed by atoms with E-state index in [1.165, 1.54) is 5.00 Å². The molecule has 0 aliphatic carbocycles. The Morgan fingerprint density at radius 3 is 2.59 bits per heavy atom. The van der Waals surface area contributed by atoms with Crippen LogP contribution in [-0.2, 0) is 18.3 Å². The number of hydrogen-bond acceptors (Lipinski definition) is 7. The van der Waals surface area contributed by atoms with Crippen molar-refractivity contribution in [2.45, 2.75) is 19.9 Å². The summed E-state index contributed by atoms with van der Waals surface area (Å²) < 4.78 is 7.45. The zero-order valence-electron chi connectivity index (χ0n) is 19.1. The topological polar surface area (TPSA) is 74.0 Å². The monoisotopic (exact) mass is 574 g/mol. The molecule has 2 fully saturated rings. The van der Waals surface area contributed by atoms with Crippen LogP contribution in [0.3, 0.4) is 0 Å². The van der Waals surface area contributed by atoms with Crippen molar-refractivity contribution in [1.82, 2.24) is 29.9 Å². The molecular formula is C21H35IN8OS. The highest BCUT2D eigenvalue weighted by Crippen LogP contribution is 2.22. The van der Waals surface area contributed by atoms with Crippen molar-refractivity contribution in [3.05, 3.63) is 29.2 Å². The summed E-state index contributed by atoms with van der Waals surface area (Å²) in [4.78, 5) is 12.2. The van der Waals surface area contributed by atoms with Crippen molar-refractivity contribution in [2.75, 3.05) is 70.5 Å². The number of guanidine groups is 1. The zero-order valence-corrected chi connectivity index (χ0v) is 22.2. The molecule has 2 saturated heterocycles. The molecule has 9 nitrogen and oxygen atoms in total. The Morgan fingerprint density at radius 1 is 1.16 bits per heavy atom. The second kappa shape index (κ2) is 12.7. The minimum absolute atomic E-state index is 0. The van der Waals surface area contributed by atoms with Gasteiger partial charge >= 0.3 is 0 Å². The number of hydrogen-bond donors (Lipinski definition) is 1. The zero-order chi connectivity index (χ0) is 21.5. The minimum atomic E-state index is 0.